The molecule has 0 fully saturated rings. The zero-order valence-corrected chi connectivity index (χ0v) is 36.9. The monoisotopic (exact) mass is 855 g/mol. The molecule has 9 aromatic carbocycles. The Balaban J connectivity index is 1.20. The van der Waals surface area contributed by atoms with Crippen LogP contribution in [0.5, 0.6) is 0 Å². The van der Waals surface area contributed by atoms with Crippen LogP contribution in [0, 0.1) is 0 Å². The molecule has 0 amide bonds. The fourth-order valence-electron chi connectivity index (χ4n) is 10.3. The topological polar surface area (TPSA) is 38.7 Å². The second-order valence-corrected chi connectivity index (χ2v) is 17.4. The fraction of sp³-hybridized carbons (Fsp3) is 0.0469. The summed E-state index contributed by atoms with van der Waals surface area (Å²) in [5.41, 5.74) is 18.9. The lowest BCUT2D eigenvalue weighted by molar-refractivity contribution is 0.769. The molecule has 316 valence electrons. The number of nitrogens with zero attached hydrogens (tertiary/aromatic N) is 3. The average molecular weight is 856 g/mol. The van der Waals surface area contributed by atoms with Crippen molar-refractivity contribution < 1.29 is 0 Å². The zero-order chi connectivity index (χ0) is 44.6. The third-order valence-electron chi connectivity index (χ3n) is 13.4. The first-order chi connectivity index (χ1) is 33.2. The number of fused-ring (bicyclic) bond motifs is 3. The third-order valence-corrected chi connectivity index (χ3v) is 13.4. The number of rotatable bonds is 9. The smallest absolute Gasteiger partial charge is 0.164 e. The maximum Gasteiger partial charge on any atom is 0.164 e. The molecule has 2 aliphatic carbocycles. The summed E-state index contributed by atoms with van der Waals surface area (Å²) in [5, 5.41) is 0. The number of allylic oxidation sites excluding steroid dienone is 4. The molecule has 10 aromatic rings. The summed E-state index contributed by atoms with van der Waals surface area (Å²) < 4.78 is 0. The van der Waals surface area contributed by atoms with E-state index in [9.17, 15) is 0 Å². The number of hydrogen-bond donors (Lipinski definition) is 0. The number of aromatic nitrogens is 3. The van der Waals surface area contributed by atoms with Crippen LogP contribution in [0.3, 0.4) is 0 Å². The van der Waals surface area contributed by atoms with Gasteiger partial charge in [0, 0.05) is 16.7 Å². The lowest BCUT2D eigenvalue weighted by Gasteiger charge is -2.36. The molecule has 0 saturated heterocycles. The SMILES string of the molecule is C1=CCCC(c2cc(-c3ccccc3)cc(C3(c4cc(-c5ccccc5)cc(-c5ccccc5)c4)c4ccccc4-c4ccc(-c5nc(-c6ccccc6)nc(-c6ccccc6)n5)cc43)c2)=C1. The minimum Gasteiger partial charge on any atom is -0.208 e. The van der Waals surface area contributed by atoms with Crippen LogP contribution in [0.4, 0.5) is 0 Å². The van der Waals surface area contributed by atoms with Crippen molar-refractivity contribution in [1.82, 2.24) is 15.0 Å². The van der Waals surface area contributed by atoms with E-state index in [2.05, 4.69) is 212 Å². The normalized spacial score (nSPS) is 14.8. The lowest BCUT2D eigenvalue weighted by Crippen LogP contribution is -2.29. The second-order valence-electron chi connectivity index (χ2n) is 17.4. The van der Waals surface area contributed by atoms with Crippen molar-refractivity contribution in [3.8, 4) is 78.7 Å². The van der Waals surface area contributed by atoms with Gasteiger partial charge in [-0.3, -0.25) is 0 Å². The Morgan fingerprint density at radius 3 is 1.22 bits per heavy atom. The predicted molar refractivity (Wildman–Crippen MR) is 276 cm³/mol. The molecule has 3 nitrogen and oxygen atoms in total. The molecule has 1 aromatic heterocycles. The van der Waals surface area contributed by atoms with Gasteiger partial charge in [-0.2, -0.15) is 0 Å². The molecule has 0 spiro atoms. The van der Waals surface area contributed by atoms with Gasteiger partial charge in [0.1, 0.15) is 0 Å². The quantitative estimate of drug-likeness (QED) is 0.145. The van der Waals surface area contributed by atoms with Gasteiger partial charge in [-0.1, -0.05) is 206 Å². The highest BCUT2D eigenvalue weighted by Gasteiger charge is 2.47. The van der Waals surface area contributed by atoms with E-state index < -0.39 is 5.41 Å². The predicted octanol–water partition coefficient (Wildman–Crippen LogP) is 16.0. The van der Waals surface area contributed by atoms with Crippen molar-refractivity contribution in [2.24, 2.45) is 0 Å². The zero-order valence-electron chi connectivity index (χ0n) is 36.9. The summed E-state index contributed by atoms with van der Waals surface area (Å²) in [7, 11) is 0. The number of hydrogen-bond acceptors (Lipinski definition) is 3. The average Bonchev–Trinajstić information content (AvgIpc) is 3.72. The van der Waals surface area contributed by atoms with Gasteiger partial charge < -0.3 is 0 Å². The van der Waals surface area contributed by atoms with E-state index in [1.807, 2.05) is 36.4 Å². The van der Waals surface area contributed by atoms with Crippen molar-refractivity contribution in [2.75, 3.05) is 0 Å². The van der Waals surface area contributed by atoms with E-state index in [-0.39, 0.29) is 0 Å². The van der Waals surface area contributed by atoms with Gasteiger partial charge in [0.05, 0.1) is 5.41 Å². The minimum atomic E-state index is -0.779. The Kier molecular flexibility index (Phi) is 10.2. The fourth-order valence-corrected chi connectivity index (χ4v) is 10.3. The van der Waals surface area contributed by atoms with Crippen LogP contribution in [0.25, 0.3) is 84.2 Å². The van der Waals surface area contributed by atoms with Gasteiger partial charge in [-0.25, -0.2) is 15.0 Å². The third kappa shape index (κ3) is 7.32. The molecule has 1 atom stereocenters. The minimum absolute atomic E-state index is 0.626. The first kappa shape index (κ1) is 40.0. The van der Waals surface area contributed by atoms with Crippen molar-refractivity contribution in [3.63, 3.8) is 0 Å². The van der Waals surface area contributed by atoms with Crippen LogP contribution in [0.1, 0.15) is 40.7 Å². The Labute approximate surface area is 392 Å². The Hall–Kier alpha value is -8.53. The highest BCUT2D eigenvalue weighted by Crippen LogP contribution is 2.58. The molecule has 1 heterocycles. The van der Waals surface area contributed by atoms with E-state index in [0.717, 1.165) is 40.7 Å². The summed E-state index contributed by atoms with van der Waals surface area (Å²) in [6, 6.07) is 83.4. The maximum absolute atomic E-state index is 5.27. The molecule has 0 aliphatic heterocycles. The summed E-state index contributed by atoms with van der Waals surface area (Å²) in [6.07, 6.45) is 8.78. The molecule has 1 unspecified atom stereocenters. The van der Waals surface area contributed by atoms with Crippen LogP contribution in [0.2, 0.25) is 0 Å². The maximum atomic E-state index is 5.27. The lowest BCUT2D eigenvalue weighted by atomic mass is 9.65. The van der Waals surface area contributed by atoms with Crippen LogP contribution < -0.4 is 0 Å². The van der Waals surface area contributed by atoms with Gasteiger partial charge in [0.2, 0.25) is 0 Å². The van der Waals surface area contributed by atoms with Crippen LogP contribution in [-0.4, -0.2) is 15.0 Å². The molecule has 67 heavy (non-hydrogen) atoms. The van der Waals surface area contributed by atoms with E-state index in [4.69, 9.17) is 15.0 Å². The van der Waals surface area contributed by atoms with Crippen LogP contribution in [0.15, 0.2) is 249 Å². The summed E-state index contributed by atoms with van der Waals surface area (Å²) in [6.45, 7) is 0. The molecule has 0 saturated carbocycles. The van der Waals surface area contributed by atoms with E-state index in [0.29, 0.717) is 17.5 Å². The van der Waals surface area contributed by atoms with Gasteiger partial charge in [-0.15, -0.1) is 0 Å². The van der Waals surface area contributed by atoms with Gasteiger partial charge in [-0.05, 0) is 133 Å². The van der Waals surface area contributed by atoms with Crippen molar-refractivity contribution in [1.29, 1.82) is 0 Å². The highest BCUT2D eigenvalue weighted by molar-refractivity contribution is 5.91. The molecule has 2 aliphatic rings. The molecular formula is C64H45N3. The molecule has 0 bridgehead atoms. The van der Waals surface area contributed by atoms with Crippen molar-refractivity contribution in [2.45, 2.75) is 18.3 Å². The van der Waals surface area contributed by atoms with Crippen molar-refractivity contribution in [3.05, 3.63) is 277 Å². The van der Waals surface area contributed by atoms with E-state index in [1.165, 1.54) is 66.8 Å². The second kappa shape index (κ2) is 17.1. The highest BCUT2D eigenvalue weighted by atomic mass is 15.0. The van der Waals surface area contributed by atoms with Crippen LogP contribution in [-0.2, 0) is 5.41 Å². The summed E-state index contributed by atoms with van der Waals surface area (Å²) >= 11 is 0. The molecule has 0 radical (unpaired) electrons. The first-order valence-electron chi connectivity index (χ1n) is 23.1. The van der Waals surface area contributed by atoms with E-state index >= 15 is 0 Å². The van der Waals surface area contributed by atoms with Crippen LogP contribution >= 0.6 is 0 Å². The number of benzene rings is 9. The van der Waals surface area contributed by atoms with Gasteiger partial charge in [0.15, 0.2) is 17.5 Å². The first-order valence-corrected chi connectivity index (χ1v) is 23.1. The van der Waals surface area contributed by atoms with E-state index in [1.54, 1.807) is 0 Å². The largest absolute Gasteiger partial charge is 0.208 e. The Morgan fingerprint density at radius 1 is 0.313 bits per heavy atom. The molecule has 3 heteroatoms. The van der Waals surface area contributed by atoms with Gasteiger partial charge in [0.25, 0.3) is 0 Å². The molecule has 12 rings (SSSR count). The Bertz CT molecular complexity index is 3370. The van der Waals surface area contributed by atoms with Crippen molar-refractivity contribution >= 4 is 5.57 Å². The summed E-state index contributed by atoms with van der Waals surface area (Å²) in [4.78, 5) is 15.6. The molecule has 0 N–H and O–H groups in total. The molecular weight excluding hydrogens is 811 g/mol. The standard InChI is InChI=1S/C64H45N3/c1-7-21-44(22-8-1)51-37-52(45-23-9-2-10-24-45)40-55(39-51)64(56-41-53(46-25-11-3-12-26-46)38-54(42-56)47-27-13-4-14-28-47)59-34-20-19-33-57(59)58-36-35-50(43-60(58)64)63-66-61(48-29-15-5-16-30-48)65-62(67-63)49-31-17-6-18-32-49/h1-13,15-27,29-43H,14,28H2. The Morgan fingerprint density at radius 2 is 0.731 bits per heavy atom. The summed E-state index contributed by atoms with van der Waals surface area (Å²) in [5.74, 6) is 1.90. The van der Waals surface area contributed by atoms with Gasteiger partial charge >= 0.3 is 0 Å².